The fourth-order valence-electron chi connectivity index (χ4n) is 4.49. The van der Waals surface area contributed by atoms with Crippen molar-refractivity contribution in [2.24, 2.45) is 0 Å². The van der Waals surface area contributed by atoms with Crippen LogP contribution < -0.4 is 11.2 Å². The Morgan fingerprint density at radius 2 is 1.93 bits per heavy atom. The van der Waals surface area contributed by atoms with Crippen molar-refractivity contribution in [2.75, 3.05) is 19.7 Å². The molecule has 2 saturated heterocycles. The average molecular weight is 423 g/mol. The smallest absolute Gasteiger partial charge is 0.328 e. The maximum atomic E-state index is 12.3. The minimum absolute atomic E-state index is 0.0273. The lowest BCUT2D eigenvalue weighted by Crippen LogP contribution is -2.59. The number of aliphatic carboxylic acids is 1. The van der Waals surface area contributed by atoms with E-state index in [4.69, 9.17) is 9.84 Å². The predicted octanol–water partition coefficient (Wildman–Crippen LogP) is 0.174. The highest BCUT2D eigenvalue weighted by Crippen LogP contribution is 2.43. The zero-order valence-corrected chi connectivity index (χ0v) is 17.3. The van der Waals surface area contributed by atoms with Crippen molar-refractivity contribution in [3.8, 4) is 0 Å². The molecule has 0 aliphatic carbocycles. The number of hydrogen-bond acceptors (Lipinski definition) is 6. The molecule has 1 aromatic rings. The molecular formula is C20H29N3O7. The molecule has 0 aromatic carbocycles. The van der Waals surface area contributed by atoms with Gasteiger partial charge in [0.1, 0.15) is 0 Å². The second kappa shape index (κ2) is 8.35. The first-order valence-corrected chi connectivity index (χ1v) is 10.2. The van der Waals surface area contributed by atoms with Gasteiger partial charge in [0.2, 0.25) is 5.91 Å². The summed E-state index contributed by atoms with van der Waals surface area (Å²) in [6.45, 7) is 4.33. The van der Waals surface area contributed by atoms with Crippen molar-refractivity contribution in [3.05, 3.63) is 32.6 Å². The third-order valence-corrected chi connectivity index (χ3v) is 6.24. The lowest BCUT2D eigenvalue weighted by Gasteiger charge is -2.51. The van der Waals surface area contributed by atoms with Crippen LogP contribution >= 0.6 is 0 Å². The third-order valence-electron chi connectivity index (χ3n) is 6.24. The first-order valence-electron chi connectivity index (χ1n) is 10.2. The van der Waals surface area contributed by atoms with Crippen LogP contribution in [0.2, 0.25) is 0 Å². The van der Waals surface area contributed by atoms with Crippen LogP contribution in [0.1, 0.15) is 57.1 Å². The minimum Gasteiger partial charge on any atom is -0.481 e. The van der Waals surface area contributed by atoms with Crippen LogP contribution in [0.3, 0.4) is 0 Å². The number of aromatic amines is 1. The highest BCUT2D eigenvalue weighted by Gasteiger charge is 2.50. The van der Waals surface area contributed by atoms with Gasteiger partial charge in [0.05, 0.1) is 23.9 Å². The number of piperidine rings is 1. The third kappa shape index (κ3) is 4.65. The normalized spacial score (nSPS) is 26.0. The van der Waals surface area contributed by atoms with Crippen molar-refractivity contribution in [1.29, 1.82) is 0 Å². The molecule has 2 aliphatic heterocycles. The van der Waals surface area contributed by atoms with E-state index in [2.05, 4.69) is 4.98 Å². The number of amides is 1. The van der Waals surface area contributed by atoms with Crippen molar-refractivity contribution in [3.63, 3.8) is 0 Å². The number of carbonyl (C=O) groups is 2. The Morgan fingerprint density at radius 1 is 1.27 bits per heavy atom. The highest BCUT2D eigenvalue weighted by molar-refractivity contribution is 5.77. The van der Waals surface area contributed by atoms with Crippen LogP contribution in [0, 0.1) is 6.92 Å². The molecule has 3 heterocycles. The number of carboxylic acids is 1. The van der Waals surface area contributed by atoms with Gasteiger partial charge in [-0.3, -0.25) is 23.9 Å². The molecule has 2 fully saturated rings. The fraction of sp³-hybridized carbons (Fsp3) is 0.700. The molecule has 2 atom stereocenters. The second-order valence-corrected chi connectivity index (χ2v) is 8.65. The van der Waals surface area contributed by atoms with Crippen molar-refractivity contribution < 1.29 is 24.5 Å². The number of carboxylic acid groups (broad SMARTS) is 1. The maximum absolute atomic E-state index is 12.3. The van der Waals surface area contributed by atoms with Crippen molar-refractivity contribution in [1.82, 2.24) is 14.5 Å². The van der Waals surface area contributed by atoms with Gasteiger partial charge in [0.15, 0.2) is 0 Å². The van der Waals surface area contributed by atoms with Gasteiger partial charge in [-0.2, -0.15) is 0 Å². The summed E-state index contributed by atoms with van der Waals surface area (Å²) < 4.78 is 7.47. The van der Waals surface area contributed by atoms with Crippen molar-refractivity contribution >= 4 is 11.9 Å². The Morgan fingerprint density at radius 3 is 2.53 bits per heavy atom. The first kappa shape index (κ1) is 22.2. The molecule has 2 aliphatic rings. The molecule has 0 bridgehead atoms. The van der Waals surface area contributed by atoms with Gasteiger partial charge in [-0.15, -0.1) is 0 Å². The van der Waals surface area contributed by atoms with E-state index in [0.717, 1.165) is 0 Å². The number of aromatic nitrogens is 2. The van der Waals surface area contributed by atoms with E-state index in [1.165, 1.54) is 10.8 Å². The molecule has 0 radical (unpaired) electrons. The number of carbonyl (C=O) groups excluding carboxylic acids is 1. The van der Waals surface area contributed by atoms with E-state index >= 15 is 0 Å². The average Bonchev–Trinajstić information content (AvgIpc) is 2.65. The summed E-state index contributed by atoms with van der Waals surface area (Å²) in [6.07, 6.45) is 3.35. The summed E-state index contributed by atoms with van der Waals surface area (Å²) in [5.41, 5.74) is -2.49. The molecule has 1 aromatic heterocycles. The summed E-state index contributed by atoms with van der Waals surface area (Å²) in [5.74, 6) is -0.980. The van der Waals surface area contributed by atoms with Crippen LogP contribution in [0.5, 0.6) is 0 Å². The number of nitrogens with zero attached hydrogens (tertiary/aromatic N) is 2. The van der Waals surface area contributed by atoms with Crippen LogP contribution in [-0.2, 0) is 14.3 Å². The van der Waals surface area contributed by atoms with Gasteiger partial charge >= 0.3 is 11.7 Å². The van der Waals surface area contributed by atoms with E-state index in [1.54, 1.807) is 18.7 Å². The number of ether oxygens (including phenoxy) is 1. The molecular weight excluding hydrogens is 394 g/mol. The molecule has 0 unspecified atom stereocenters. The molecule has 0 saturated carbocycles. The molecule has 10 nitrogen and oxygen atoms in total. The number of likely N-dealkylation sites (tertiary alicyclic amines) is 1. The summed E-state index contributed by atoms with van der Waals surface area (Å²) >= 11 is 0. The number of aryl methyl sites for hydroxylation is 1. The largest absolute Gasteiger partial charge is 0.481 e. The Hall–Kier alpha value is -2.46. The Labute approximate surface area is 173 Å². The van der Waals surface area contributed by atoms with Gasteiger partial charge in [-0.05, 0) is 33.1 Å². The zero-order valence-electron chi connectivity index (χ0n) is 17.3. The number of nitrogens with one attached hydrogen (secondary N) is 1. The number of aliphatic hydroxyl groups is 1. The van der Waals surface area contributed by atoms with E-state index in [-0.39, 0.29) is 25.4 Å². The number of rotatable bonds is 5. The van der Waals surface area contributed by atoms with Gasteiger partial charge in [0, 0.05) is 44.1 Å². The number of hydrogen-bond donors (Lipinski definition) is 3. The Kier molecular flexibility index (Phi) is 6.19. The first-order chi connectivity index (χ1) is 14.0. The lowest BCUT2D eigenvalue weighted by molar-refractivity contribution is -0.198. The minimum atomic E-state index is -1.24. The summed E-state index contributed by atoms with van der Waals surface area (Å²) in [7, 11) is 0. The van der Waals surface area contributed by atoms with Crippen LogP contribution in [0.4, 0.5) is 0 Å². The maximum Gasteiger partial charge on any atom is 0.328 e. The molecule has 1 spiro atoms. The topological polar surface area (TPSA) is 142 Å². The van der Waals surface area contributed by atoms with Gasteiger partial charge in [0.25, 0.3) is 5.56 Å². The van der Waals surface area contributed by atoms with E-state index in [1.807, 2.05) is 0 Å². The van der Waals surface area contributed by atoms with Gasteiger partial charge < -0.3 is 19.8 Å². The van der Waals surface area contributed by atoms with E-state index in [9.17, 15) is 24.3 Å². The lowest BCUT2D eigenvalue weighted by atomic mass is 9.75. The summed E-state index contributed by atoms with van der Waals surface area (Å²) in [6, 6.07) is -0.637. The highest BCUT2D eigenvalue weighted by atomic mass is 16.5. The quantitative estimate of drug-likeness (QED) is 0.613. The Balaban J connectivity index is 1.64. The summed E-state index contributed by atoms with van der Waals surface area (Å²) in [5, 5.41) is 19.9. The number of H-pyrrole nitrogens is 1. The summed E-state index contributed by atoms with van der Waals surface area (Å²) in [4.78, 5) is 50.8. The molecule has 10 heteroatoms. The van der Waals surface area contributed by atoms with Crippen molar-refractivity contribution in [2.45, 2.75) is 69.6 Å². The van der Waals surface area contributed by atoms with Crippen LogP contribution in [-0.4, -0.2) is 67.4 Å². The van der Waals surface area contributed by atoms with Crippen LogP contribution in [0.15, 0.2) is 15.8 Å². The molecule has 3 N–H and O–H groups in total. The fourth-order valence-corrected chi connectivity index (χ4v) is 4.49. The zero-order chi connectivity index (χ0) is 22.1. The molecule has 3 rings (SSSR count). The predicted molar refractivity (Wildman–Crippen MR) is 106 cm³/mol. The molecule has 1 amide bonds. The Bertz CT molecular complexity index is 925. The standard InChI is InChI=1S/C20H29N3O7/c1-13-10-23(18(28)21-17(13)27)14-11-30-20(12-19(14,2)29)6-8-22(9-7-20)15(24)4-3-5-16(25)26/h10,14,29H,3-9,11-12H2,1-2H3,(H,25,26)(H,21,27,28)/t14-,19-/m0/s1. The monoisotopic (exact) mass is 423 g/mol. The second-order valence-electron chi connectivity index (χ2n) is 8.65. The van der Waals surface area contributed by atoms with Gasteiger partial charge in [-0.1, -0.05) is 0 Å². The van der Waals surface area contributed by atoms with Crippen LogP contribution in [0.25, 0.3) is 0 Å². The van der Waals surface area contributed by atoms with Gasteiger partial charge in [-0.25, -0.2) is 4.79 Å². The SMILES string of the molecule is Cc1cn([C@H]2COC3(CCN(C(=O)CCCC(=O)O)CC3)C[C@]2(C)O)c(=O)[nH]c1=O. The van der Waals surface area contributed by atoms with E-state index < -0.39 is 34.5 Å². The van der Waals surface area contributed by atoms with E-state index in [0.29, 0.717) is 44.3 Å². The molecule has 30 heavy (non-hydrogen) atoms. The molecule has 166 valence electrons.